The molecule has 0 aliphatic carbocycles. The molecule has 0 N–H and O–H groups in total. The highest BCUT2D eigenvalue weighted by Gasteiger charge is 2.31. The van der Waals surface area contributed by atoms with E-state index in [2.05, 4.69) is 25.4 Å². The molecule has 1 amide bonds. The molecule has 12 heteroatoms. The maximum Gasteiger partial charge on any atom is 0.416 e. The third-order valence-corrected chi connectivity index (χ3v) is 5.59. The van der Waals surface area contributed by atoms with E-state index in [1.807, 2.05) is 19.4 Å². The molecule has 0 spiro atoms. The molecular formula is C22H25F3N8O. The molecule has 1 saturated heterocycles. The zero-order valence-electron chi connectivity index (χ0n) is 18.9. The van der Waals surface area contributed by atoms with Crippen LogP contribution in [0.2, 0.25) is 0 Å². The van der Waals surface area contributed by atoms with Crippen molar-refractivity contribution in [2.75, 3.05) is 26.2 Å². The minimum absolute atomic E-state index is 0.00560. The van der Waals surface area contributed by atoms with E-state index in [1.165, 1.54) is 16.9 Å². The number of hydrogen-bond acceptors (Lipinski definition) is 6. The largest absolute Gasteiger partial charge is 0.416 e. The molecule has 34 heavy (non-hydrogen) atoms. The van der Waals surface area contributed by atoms with E-state index < -0.39 is 11.7 Å². The summed E-state index contributed by atoms with van der Waals surface area (Å²) in [7, 11) is 1.87. The average molecular weight is 474 g/mol. The van der Waals surface area contributed by atoms with Crippen LogP contribution < -0.4 is 0 Å². The first-order valence-corrected chi connectivity index (χ1v) is 10.8. The lowest BCUT2D eigenvalue weighted by Crippen LogP contribution is -2.47. The lowest BCUT2D eigenvalue weighted by atomic mass is 10.0. The monoisotopic (exact) mass is 474 g/mol. The van der Waals surface area contributed by atoms with Crippen LogP contribution in [0.15, 0.2) is 36.7 Å². The summed E-state index contributed by atoms with van der Waals surface area (Å²) in [5.41, 5.74) is 1.19. The second-order valence-electron chi connectivity index (χ2n) is 8.24. The van der Waals surface area contributed by atoms with E-state index in [1.54, 1.807) is 22.6 Å². The Labute approximate surface area is 194 Å². The van der Waals surface area contributed by atoms with Gasteiger partial charge in [-0.15, -0.1) is 10.2 Å². The van der Waals surface area contributed by atoms with Gasteiger partial charge in [-0.3, -0.25) is 14.4 Å². The minimum Gasteiger partial charge on any atom is -0.337 e. The molecule has 180 valence electrons. The Kier molecular flexibility index (Phi) is 6.77. The Morgan fingerprint density at radius 1 is 1.15 bits per heavy atom. The Morgan fingerprint density at radius 2 is 1.91 bits per heavy atom. The van der Waals surface area contributed by atoms with Crippen LogP contribution in [0.4, 0.5) is 13.2 Å². The van der Waals surface area contributed by atoms with Gasteiger partial charge in [0.2, 0.25) is 5.91 Å². The zero-order valence-corrected chi connectivity index (χ0v) is 18.9. The summed E-state index contributed by atoms with van der Waals surface area (Å²) in [6, 6.07) is 3.42. The number of benzene rings is 1. The number of carbonyl (C=O) groups excluding carboxylic acids is 1. The van der Waals surface area contributed by atoms with E-state index in [0.29, 0.717) is 30.0 Å². The number of aromatic nitrogens is 6. The standard InChI is InChI=1S/C22H25F3N8O/c1-16-27-29-33(28-16)15-19-11-20(22(23,24)25)5-3-18(19)4-6-21(34)32-9-7-31(8-10-32)14-17-12-26-30(2)13-17/h3-6,11-13H,7-10,14-15H2,1-2H3/b6-4+. The van der Waals surface area contributed by atoms with E-state index in [9.17, 15) is 18.0 Å². The van der Waals surface area contributed by atoms with Gasteiger partial charge in [0.25, 0.3) is 0 Å². The summed E-state index contributed by atoms with van der Waals surface area (Å²) in [6.07, 6.45) is 2.27. The fourth-order valence-electron chi connectivity index (χ4n) is 3.83. The fourth-order valence-corrected chi connectivity index (χ4v) is 3.83. The summed E-state index contributed by atoms with van der Waals surface area (Å²) in [5.74, 6) is 0.239. The number of alkyl halides is 3. The van der Waals surface area contributed by atoms with Crippen molar-refractivity contribution in [3.05, 3.63) is 64.7 Å². The van der Waals surface area contributed by atoms with Gasteiger partial charge < -0.3 is 4.90 Å². The van der Waals surface area contributed by atoms with Crippen molar-refractivity contribution in [3.63, 3.8) is 0 Å². The number of piperazine rings is 1. The number of rotatable bonds is 6. The molecule has 0 bridgehead atoms. The maximum atomic E-state index is 13.2. The minimum atomic E-state index is -4.48. The molecule has 1 aliphatic heterocycles. The van der Waals surface area contributed by atoms with Gasteiger partial charge in [-0.05, 0) is 41.5 Å². The Bertz CT molecular complexity index is 1180. The van der Waals surface area contributed by atoms with E-state index in [4.69, 9.17) is 0 Å². The van der Waals surface area contributed by atoms with Crippen LogP contribution in [0.25, 0.3) is 6.08 Å². The van der Waals surface area contributed by atoms with E-state index >= 15 is 0 Å². The molecule has 0 unspecified atom stereocenters. The Morgan fingerprint density at radius 3 is 2.53 bits per heavy atom. The van der Waals surface area contributed by atoms with Gasteiger partial charge in [-0.2, -0.15) is 23.1 Å². The highest BCUT2D eigenvalue weighted by Crippen LogP contribution is 2.31. The molecule has 0 radical (unpaired) electrons. The number of hydrogen-bond donors (Lipinski definition) is 0. The first-order valence-electron chi connectivity index (χ1n) is 10.8. The van der Waals surface area contributed by atoms with Crippen LogP contribution in [-0.4, -0.2) is 71.9 Å². The molecule has 9 nitrogen and oxygen atoms in total. The molecule has 1 fully saturated rings. The van der Waals surface area contributed by atoms with Gasteiger partial charge >= 0.3 is 6.18 Å². The van der Waals surface area contributed by atoms with Gasteiger partial charge in [0.05, 0.1) is 18.3 Å². The quantitative estimate of drug-likeness (QED) is 0.509. The smallest absolute Gasteiger partial charge is 0.337 e. The van der Waals surface area contributed by atoms with Gasteiger partial charge in [0.1, 0.15) is 0 Å². The lowest BCUT2D eigenvalue weighted by molar-refractivity contribution is -0.137. The number of tetrazole rings is 1. The van der Waals surface area contributed by atoms with Gasteiger partial charge in [-0.1, -0.05) is 6.07 Å². The van der Waals surface area contributed by atoms with Crippen molar-refractivity contribution < 1.29 is 18.0 Å². The van der Waals surface area contributed by atoms with Crippen molar-refractivity contribution in [1.29, 1.82) is 0 Å². The molecule has 4 rings (SSSR count). The molecule has 2 aromatic heterocycles. The van der Waals surface area contributed by atoms with Crippen LogP contribution in [0.1, 0.15) is 28.1 Å². The Balaban J connectivity index is 1.42. The van der Waals surface area contributed by atoms with E-state index in [-0.39, 0.29) is 12.5 Å². The number of aryl methyl sites for hydroxylation is 2. The first-order chi connectivity index (χ1) is 16.2. The first kappa shape index (κ1) is 23.6. The highest BCUT2D eigenvalue weighted by atomic mass is 19.4. The third kappa shape index (κ3) is 5.87. The predicted molar refractivity (Wildman–Crippen MR) is 117 cm³/mol. The Hall–Kier alpha value is -3.54. The highest BCUT2D eigenvalue weighted by molar-refractivity contribution is 5.92. The number of amides is 1. The van der Waals surface area contributed by atoms with E-state index in [0.717, 1.165) is 37.3 Å². The molecule has 1 aromatic carbocycles. The normalized spacial score (nSPS) is 15.4. The average Bonchev–Trinajstić information content (AvgIpc) is 3.39. The molecule has 0 atom stereocenters. The van der Waals surface area contributed by atoms with Crippen molar-refractivity contribution in [2.24, 2.45) is 7.05 Å². The number of halogens is 3. The molecule has 3 heterocycles. The van der Waals surface area contributed by atoms with Crippen LogP contribution in [0, 0.1) is 6.92 Å². The van der Waals surface area contributed by atoms with Gasteiger partial charge in [-0.25, -0.2) is 0 Å². The lowest BCUT2D eigenvalue weighted by Gasteiger charge is -2.34. The second-order valence-corrected chi connectivity index (χ2v) is 8.24. The van der Waals surface area contributed by atoms with Crippen molar-refractivity contribution in [3.8, 4) is 0 Å². The number of carbonyl (C=O) groups is 1. The summed E-state index contributed by atoms with van der Waals surface area (Å²) in [6.45, 7) is 5.04. The van der Waals surface area contributed by atoms with Crippen molar-refractivity contribution >= 4 is 12.0 Å². The molecule has 0 saturated carbocycles. The zero-order chi connectivity index (χ0) is 24.3. The second kappa shape index (κ2) is 9.75. The van der Waals surface area contributed by atoms with Gasteiger partial charge in [0, 0.05) is 57.6 Å². The number of nitrogens with zero attached hydrogens (tertiary/aromatic N) is 8. The van der Waals surface area contributed by atoms with Crippen LogP contribution in [0.3, 0.4) is 0 Å². The SMILES string of the molecule is Cc1nnn(Cc2cc(C(F)(F)F)ccc2/C=C/C(=O)N2CCN(Cc3cnn(C)c3)CC2)n1. The van der Waals surface area contributed by atoms with Gasteiger partial charge in [0.15, 0.2) is 5.82 Å². The maximum absolute atomic E-state index is 13.2. The van der Waals surface area contributed by atoms with Crippen LogP contribution in [-0.2, 0) is 31.1 Å². The predicted octanol–water partition coefficient (Wildman–Crippen LogP) is 2.14. The molecule has 1 aliphatic rings. The summed E-state index contributed by atoms with van der Waals surface area (Å²) >= 11 is 0. The summed E-state index contributed by atoms with van der Waals surface area (Å²) in [4.78, 5) is 17.9. The van der Waals surface area contributed by atoms with Crippen LogP contribution in [0.5, 0.6) is 0 Å². The van der Waals surface area contributed by atoms with Crippen LogP contribution >= 0.6 is 0 Å². The van der Waals surface area contributed by atoms with Crippen molar-refractivity contribution in [2.45, 2.75) is 26.2 Å². The van der Waals surface area contributed by atoms with Crippen molar-refractivity contribution in [1.82, 2.24) is 39.8 Å². The topological polar surface area (TPSA) is 85.0 Å². The molecular weight excluding hydrogens is 449 g/mol. The fraction of sp³-hybridized carbons (Fsp3) is 0.409. The molecule has 3 aromatic rings. The summed E-state index contributed by atoms with van der Waals surface area (Å²) in [5, 5.41) is 15.8. The third-order valence-electron chi connectivity index (χ3n) is 5.59. The summed E-state index contributed by atoms with van der Waals surface area (Å²) < 4.78 is 41.5.